The minimum atomic E-state index is -0.733. The van der Waals surface area contributed by atoms with Crippen molar-refractivity contribution in [2.75, 3.05) is 11.9 Å². The molecule has 3 atom stereocenters. The van der Waals surface area contributed by atoms with Crippen molar-refractivity contribution in [3.05, 3.63) is 65.2 Å². The van der Waals surface area contributed by atoms with Gasteiger partial charge in [0, 0.05) is 5.69 Å². The normalized spacial score (nSPS) is 20.0. The number of esters is 2. The van der Waals surface area contributed by atoms with Crippen molar-refractivity contribution in [3.63, 3.8) is 0 Å². The third-order valence-electron chi connectivity index (χ3n) is 6.59. The molecule has 1 N–H and O–H groups in total. The molecule has 0 radical (unpaired) electrons. The summed E-state index contributed by atoms with van der Waals surface area (Å²) >= 11 is 0. The molecule has 0 heterocycles. The maximum Gasteiger partial charge on any atom is 0.339 e. The number of ether oxygens (including phenoxy) is 2. The molecule has 1 amide bonds. The van der Waals surface area contributed by atoms with Gasteiger partial charge in [-0.3, -0.25) is 4.79 Å². The van der Waals surface area contributed by atoms with Crippen LogP contribution in [0.2, 0.25) is 0 Å². The van der Waals surface area contributed by atoms with Gasteiger partial charge in [0.05, 0.1) is 11.1 Å². The first-order chi connectivity index (χ1) is 16.3. The monoisotopic (exact) mass is 465 g/mol. The maximum absolute atomic E-state index is 13.1. The van der Waals surface area contributed by atoms with Crippen molar-refractivity contribution in [2.45, 2.75) is 59.5 Å². The summed E-state index contributed by atoms with van der Waals surface area (Å²) in [5.74, 6) is -0.507. The van der Waals surface area contributed by atoms with Crippen molar-refractivity contribution < 1.29 is 23.9 Å². The van der Waals surface area contributed by atoms with E-state index in [0.717, 1.165) is 31.2 Å². The summed E-state index contributed by atoms with van der Waals surface area (Å²) in [6.45, 7) is 8.02. The smallest absolute Gasteiger partial charge is 0.339 e. The molecule has 1 aliphatic rings. The summed E-state index contributed by atoms with van der Waals surface area (Å²) in [7, 11) is 0. The van der Waals surface area contributed by atoms with E-state index in [9.17, 15) is 14.4 Å². The highest BCUT2D eigenvalue weighted by Gasteiger charge is 2.34. The number of carbonyl (C=O) groups excluding carboxylic acids is 3. The van der Waals surface area contributed by atoms with E-state index >= 15 is 0 Å². The van der Waals surface area contributed by atoms with Crippen LogP contribution in [0.1, 0.15) is 73.2 Å². The molecule has 1 fully saturated rings. The summed E-state index contributed by atoms with van der Waals surface area (Å²) in [5, 5.41) is 2.77. The lowest BCUT2D eigenvalue weighted by Gasteiger charge is -2.36. The summed E-state index contributed by atoms with van der Waals surface area (Å²) in [6.07, 6.45) is 3.57. The number of amides is 1. The Hall–Kier alpha value is -3.15. The Morgan fingerprint density at radius 1 is 0.971 bits per heavy atom. The molecule has 0 spiro atoms. The minimum Gasteiger partial charge on any atom is -0.458 e. The van der Waals surface area contributed by atoms with Crippen LogP contribution < -0.4 is 5.32 Å². The lowest BCUT2D eigenvalue weighted by atomic mass is 9.75. The van der Waals surface area contributed by atoms with Crippen LogP contribution >= 0.6 is 0 Å². The number of anilines is 1. The molecule has 0 unspecified atom stereocenters. The van der Waals surface area contributed by atoms with Crippen molar-refractivity contribution in [3.8, 4) is 0 Å². The molecule has 1 saturated carbocycles. The van der Waals surface area contributed by atoms with Crippen molar-refractivity contribution in [1.29, 1.82) is 0 Å². The molecule has 6 heteroatoms. The zero-order valence-electron chi connectivity index (χ0n) is 20.5. The Morgan fingerprint density at radius 3 is 2.29 bits per heavy atom. The number of para-hydroxylation sites is 1. The Bertz CT molecular complexity index is 1020. The molecule has 0 bridgehead atoms. The van der Waals surface area contributed by atoms with E-state index in [2.05, 4.69) is 26.1 Å². The Balaban J connectivity index is 1.65. The fraction of sp³-hybridized carbons (Fsp3) is 0.464. The standard InChI is InChI=1S/C28H35NO5/c1-5-20-10-6-9-13-24(20)29-26(30)17-33-27(31)22-11-7-8-12-23(22)28(32)34-25-16-19(4)14-15-21(25)18(2)3/h6-13,18-19,21,25H,5,14-17H2,1-4H3,(H,29,30)/t19-,21-,25-/m1/s1. The minimum absolute atomic E-state index is 0.0965. The van der Waals surface area contributed by atoms with Crippen LogP contribution in [-0.2, 0) is 20.7 Å². The number of benzene rings is 2. The number of aryl methyl sites for hydroxylation is 1. The largest absolute Gasteiger partial charge is 0.458 e. The number of rotatable bonds is 8. The van der Waals surface area contributed by atoms with Gasteiger partial charge in [-0.2, -0.15) is 0 Å². The molecule has 182 valence electrons. The molecular weight excluding hydrogens is 430 g/mol. The predicted molar refractivity (Wildman–Crippen MR) is 132 cm³/mol. The highest BCUT2D eigenvalue weighted by Crippen LogP contribution is 2.35. The number of hydrogen-bond donors (Lipinski definition) is 1. The van der Waals surface area contributed by atoms with Gasteiger partial charge < -0.3 is 14.8 Å². The first kappa shape index (κ1) is 25.5. The lowest BCUT2D eigenvalue weighted by molar-refractivity contribution is -0.119. The quantitative estimate of drug-likeness (QED) is 0.509. The van der Waals surface area contributed by atoms with Gasteiger partial charge in [-0.05, 0) is 60.8 Å². The van der Waals surface area contributed by atoms with E-state index in [4.69, 9.17) is 9.47 Å². The molecule has 2 aromatic carbocycles. The fourth-order valence-electron chi connectivity index (χ4n) is 4.64. The molecular formula is C28H35NO5. The van der Waals surface area contributed by atoms with Gasteiger partial charge in [0.15, 0.2) is 6.61 Å². The zero-order chi connectivity index (χ0) is 24.7. The first-order valence-corrected chi connectivity index (χ1v) is 12.1. The van der Waals surface area contributed by atoms with Crippen molar-refractivity contribution >= 4 is 23.5 Å². The van der Waals surface area contributed by atoms with Gasteiger partial charge in [-0.15, -0.1) is 0 Å². The van der Waals surface area contributed by atoms with E-state index in [1.54, 1.807) is 24.3 Å². The van der Waals surface area contributed by atoms with E-state index in [1.165, 1.54) is 6.07 Å². The highest BCUT2D eigenvalue weighted by atomic mass is 16.5. The van der Waals surface area contributed by atoms with Gasteiger partial charge in [0.2, 0.25) is 0 Å². The van der Waals surface area contributed by atoms with Crippen molar-refractivity contribution in [1.82, 2.24) is 0 Å². The van der Waals surface area contributed by atoms with Crippen molar-refractivity contribution in [2.24, 2.45) is 17.8 Å². The van der Waals surface area contributed by atoms with E-state index in [0.29, 0.717) is 23.4 Å². The van der Waals surface area contributed by atoms with Crippen LogP contribution in [0.15, 0.2) is 48.5 Å². The summed E-state index contributed by atoms with van der Waals surface area (Å²) in [5.41, 5.74) is 1.94. The topological polar surface area (TPSA) is 81.7 Å². The summed E-state index contributed by atoms with van der Waals surface area (Å²) < 4.78 is 11.2. The van der Waals surface area contributed by atoms with Gasteiger partial charge >= 0.3 is 11.9 Å². The van der Waals surface area contributed by atoms with Gasteiger partial charge in [0.25, 0.3) is 5.91 Å². The van der Waals surface area contributed by atoms with Crippen LogP contribution in [0.4, 0.5) is 5.69 Å². The first-order valence-electron chi connectivity index (χ1n) is 12.1. The maximum atomic E-state index is 13.1. The fourth-order valence-corrected chi connectivity index (χ4v) is 4.64. The van der Waals surface area contributed by atoms with Crippen LogP contribution in [-0.4, -0.2) is 30.6 Å². The summed E-state index contributed by atoms with van der Waals surface area (Å²) in [6, 6.07) is 13.9. The molecule has 2 aromatic rings. The van der Waals surface area contributed by atoms with Crippen LogP contribution in [0.25, 0.3) is 0 Å². The van der Waals surface area contributed by atoms with Crippen LogP contribution in [0, 0.1) is 17.8 Å². The predicted octanol–water partition coefficient (Wildman–Crippen LogP) is 5.66. The Labute approximate surface area is 202 Å². The van der Waals surface area contributed by atoms with Crippen LogP contribution in [0.3, 0.4) is 0 Å². The number of carbonyl (C=O) groups is 3. The molecule has 1 aliphatic carbocycles. The van der Waals surface area contributed by atoms with Gasteiger partial charge in [0.1, 0.15) is 6.10 Å². The van der Waals surface area contributed by atoms with E-state index in [-0.39, 0.29) is 17.2 Å². The molecule has 34 heavy (non-hydrogen) atoms. The average Bonchev–Trinajstić information content (AvgIpc) is 2.82. The molecule has 0 aromatic heterocycles. The third-order valence-corrected chi connectivity index (χ3v) is 6.59. The molecule has 0 aliphatic heterocycles. The molecule has 6 nitrogen and oxygen atoms in total. The van der Waals surface area contributed by atoms with Gasteiger partial charge in [-0.25, -0.2) is 9.59 Å². The SMILES string of the molecule is CCc1ccccc1NC(=O)COC(=O)c1ccccc1C(=O)O[C@@H]1C[C@H](C)CC[C@@H]1C(C)C. The number of hydrogen-bond acceptors (Lipinski definition) is 5. The zero-order valence-corrected chi connectivity index (χ0v) is 20.5. The second-order valence-corrected chi connectivity index (χ2v) is 9.45. The highest BCUT2D eigenvalue weighted by molar-refractivity contribution is 6.04. The lowest BCUT2D eigenvalue weighted by Crippen LogP contribution is -2.36. The Morgan fingerprint density at radius 2 is 1.62 bits per heavy atom. The second kappa shape index (κ2) is 11.8. The molecule has 0 saturated heterocycles. The second-order valence-electron chi connectivity index (χ2n) is 9.45. The number of nitrogens with one attached hydrogen (secondary N) is 1. The van der Waals surface area contributed by atoms with E-state index in [1.807, 2.05) is 25.1 Å². The van der Waals surface area contributed by atoms with E-state index < -0.39 is 24.5 Å². The van der Waals surface area contributed by atoms with Gasteiger partial charge in [-0.1, -0.05) is 64.4 Å². The molecule has 3 rings (SSSR count). The third kappa shape index (κ3) is 6.46. The Kier molecular flexibility index (Phi) is 8.85. The summed E-state index contributed by atoms with van der Waals surface area (Å²) in [4.78, 5) is 38.2. The van der Waals surface area contributed by atoms with Crippen LogP contribution in [0.5, 0.6) is 0 Å². The average molecular weight is 466 g/mol.